The highest BCUT2D eigenvalue weighted by Crippen LogP contribution is 2.17. The average Bonchev–Trinajstić information content (AvgIpc) is 2.46. The highest BCUT2D eigenvalue weighted by Gasteiger charge is 2.21. The van der Waals surface area contributed by atoms with Crippen molar-refractivity contribution >= 4 is 11.7 Å². The summed E-state index contributed by atoms with van der Waals surface area (Å²) >= 11 is 0. The lowest BCUT2D eigenvalue weighted by molar-refractivity contribution is -0.385. The van der Waals surface area contributed by atoms with Gasteiger partial charge in [0.05, 0.1) is 4.92 Å². The predicted molar refractivity (Wildman–Crippen MR) is 66.5 cm³/mol. The van der Waals surface area contributed by atoms with Crippen molar-refractivity contribution in [3.05, 3.63) is 70.0 Å². The molecule has 1 aromatic heterocycles. The van der Waals surface area contributed by atoms with Gasteiger partial charge in [0.2, 0.25) is 0 Å². The standard InChI is InChI=1S/C13H10N2O4/c16-13(19-9-10-4-2-1-3-5-10)11-8-14-7-6-12(11)15(17)18/h1-8H,9H2. The monoisotopic (exact) mass is 258 g/mol. The predicted octanol–water partition coefficient (Wildman–Crippen LogP) is 2.35. The summed E-state index contributed by atoms with van der Waals surface area (Å²) in [6, 6.07) is 10.2. The molecule has 1 aromatic carbocycles. The number of hydrogen-bond acceptors (Lipinski definition) is 5. The molecule has 0 spiro atoms. The van der Waals surface area contributed by atoms with Crippen LogP contribution in [0.4, 0.5) is 5.69 Å². The molecule has 0 bridgehead atoms. The topological polar surface area (TPSA) is 82.3 Å². The molecule has 0 atom stereocenters. The third-order valence-electron chi connectivity index (χ3n) is 2.43. The maximum Gasteiger partial charge on any atom is 0.347 e. The summed E-state index contributed by atoms with van der Waals surface area (Å²) in [6.45, 7) is 0.0612. The van der Waals surface area contributed by atoms with Crippen LogP contribution in [0.15, 0.2) is 48.8 Å². The van der Waals surface area contributed by atoms with Gasteiger partial charge < -0.3 is 4.74 Å². The van der Waals surface area contributed by atoms with Crippen LogP contribution in [0.25, 0.3) is 0 Å². The lowest BCUT2D eigenvalue weighted by atomic mass is 10.2. The quantitative estimate of drug-likeness (QED) is 0.477. The van der Waals surface area contributed by atoms with Crippen LogP contribution in [0.1, 0.15) is 15.9 Å². The van der Waals surface area contributed by atoms with Crippen LogP contribution in [0.3, 0.4) is 0 Å². The number of pyridine rings is 1. The lowest BCUT2D eigenvalue weighted by Gasteiger charge is -2.04. The van der Waals surface area contributed by atoms with E-state index in [0.29, 0.717) is 0 Å². The highest BCUT2D eigenvalue weighted by atomic mass is 16.6. The molecule has 96 valence electrons. The largest absolute Gasteiger partial charge is 0.457 e. The van der Waals surface area contributed by atoms with Crippen LogP contribution in [-0.2, 0) is 11.3 Å². The molecule has 19 heavy (non-hydrogen) atoms. The van der Waals surface area contributed by atoms with Gasteiger partial charge in [-0.3, -0.25) is 15.1 Å². The molecule has 0 amide bonds. The number of nitrogens with zero attached hydrogens (tertiary/aromatic N) is 2. The fourth-order valence-electron chi connectivity index (χ4n) is 1.50. The molecule has 0 N–H and O–H groups in total. The summed E-state index contributed by atoms with van der Waals surface area (Å²) in [5.74, 6) is -0.761. The van der Waals surface area contributed by atoms with Gasteiger partial charge in [0.25, 0.3) is 5.69 Å². The van der Waals surface area contributed by atoms with E-state index in [4.69, 9.17) is 4.74 Å². The molecule has 0 aliphatic rings. The van der Waals surface area contributed by atoms with E-state index < -0.39 is 10.9 Å². The van der Waals surface area contributed by atoms with E-state index in [2.05, 4.69) is 4.98 Å². The second kappa shape index (κ2) is 5.72. The van der Waals surface area contributed by atoms with Gasteiger partial charge >= 0.3 is 5.97 Å². The molecule has 6 heteroatoms. The SMILES string of the molecule is O=C(OCc1ccccc1)c1cnccc1[N+](=O)[O-]. The van der Waals surface area contributed by atoms with Gasteiger partial charge in [-0.2, -0.15) is 0 Å². The zero-order valence-corrected chi connectivity index (χ0v) is 9.85. The number of ether oxygens (including phenoxy) is 1. The first-order chi connectivity index (χ1) is 9.18. The molecule has 2 rings (SSSR count). The maximum atomic E-state index is 11.8. The number of rotatable bonds is 4. The second-order valence-electron chi connectivity index (χ2n) is 3.71. The van der Waals surface area contributed by atoms with Crippen LogP contribution in [0.2, 0.25) is 0 Å². The Hall–Kier alpha value is -2.76. The summed E-state index contributed by atoms with van der Waals surface area (Å²) in [5.41, 5.74) is 0.346. The van der Waals surface area contributed by atoms with Crippen LogP contribution in [0, 0.1) is 10.1 Å². The van der Waals surface area contributed by atoms with E-state index in [9.17, 15) is 14.9 Å². The molecule has 0 unspecified atom stereocenters. The van der Waals surface area contributed by atoms with Gasteiger partial charge in [0.1, 0.15) is 6.61 Å². The van der Waals surface area contributed by atoms with Crippen LogP contribution in [-0.4, -0.2) is 15.9 Å². The van der Waals surface area contributed by atoms with Gasteiger partial charge in [-0.15, -0.1) is 0 Å². The minimum Gasteiger partial charge on any atom is -0.457 e. The number of carbonyl (C=O) groups excluding carboxylic acids is 1. The van der Waals surface area contributed by atoms with Crippen molar-refractivity contribution in [2.45, 2.75) is 6.61 Å². The van der Waals surface area contributed by atoms with Crippen molar-refractivity contribution in [1.29, 1.82) is 0 Å². The molecule has 0 aliphatic carbocycles. The zero-order chi connectivity index (χ0) is 13.7. The van der Waals surface area contributed by atoms with Gasteiger partial charge in [-0.05, 0) is 5.56 Å². The normalized spacial score (nSPS) is 9.89. The third-order valence-corrected chi connectivity index (χ3v) is 2.43. The molecule has 0 aliphatic heterocycles. The van der Waals surface area contributed by atoms with Crippen LogP contribution >= 0.6 is 0 Å². The van der Waals surface area contributed by atoms with Crippen molar-refractivity contribution < 1.29 is 14.5 Å². The lowest BCUT2D eigenvalue weighted by Crippen LogP contribution is -2.08. The summed E-state index contributed by atoms with van der Waals surface area (Å²) in [5, 5.41) is 10.8. The van der Waals surface area contributed by atoms with Crippen LogP contribution in [0.5, 0.6) is 0 Å². The summed E-state index contributed by atoms with van der Waals surface area (Å²) in [4.78, 5) is 25.6. The number of aromatic nitrogens is 1. The fraction of sp³-hybridized carbons (Fsp3) is 0.0769. The molecule has 2 aromatic rings. The number of benzene rings is 1. The fourth-order valence-corrected chi connectivity index (χ4v) is 1.50. The van der Waals surface area contributed by atoms with E-state index in [-0.39, 0.29) is 17.9 Å². The summed E-state index contributed by atoms with van der Waals surface area (Å²) < 4.78 is 5.02. The Morgan fingerprint density at radius 3 is 2.68 bits per heavy atom. The van der Waals surface area contributed by atoms with Crippen molar-refractivity contribution in [2.75, 3.05) is 0 Å². The molecular weight excluding hydrogens is 248 g/mol. The number of esters is 1. The number of nitro groups is 1. The first-order valence-electron chi connectivity index (χ1n) is 5.48. The Morgan fingerprint density at radius 1 is 1.26 bits per heavy atom. The summed E-state index contributed by atoms with van der Waals surface area (Å²) in [6.07, 6.45) is 2.39. The molecule has 6 nitrogen and oxygen atoms in total. The van der Waals surface area contributed by atoms with Gasteiger partial charge in [-0.25, -0.2) is 4.79 Å². The van der Waals surface area contributed by atoms with Crippen molar-refractivity contribution in [1.82, 2.24) is 4.98 Å². The zero-order valence-electron chi connectivity index (χ0n) is 9.85. The highest BCUT2D eigenvalue weighted by molar-refractivity contribution is 5.93. The molecule has 0 saturated carbocycles. The molecule has 0 radical (unpaired) electrons. The first kappa shape index (κ1) is 12.7. The number of hydrogen-bond donors (Lipinski definition) is 0. The van der Waals surface area contributed by atoms with Crippen LogP contribution < -0.4 is 0 Å². The average molecular weight is 258 g/mol. The van der Waals surface area contributed by atoms with E-state index >= 15 is 0 Å². The Morgan fingerprint density at radius 2 is 2.00 bits per heavy atom. The van der Waals surface area contributed by atoms with Crippen molar-refractivity contribution in [3.8, 4) is 0 Å². The van der Waals surface area contributed by atoms with Gasteiger partial charge in [0, 0.05) is 18.5 Å². The Labute approximate surface area is 108 Å². The molecule has 0 saturated heterocycles. The van der Waals surface area contributed by atoms with Crippen molar-refractivity contribution in [3.63, 3.8) is 0 Å². The molecule has 1 heterocycles. The van der Waals surface area contributed by atoms with Gasteiger partial charge in [0.15, 0.2) is 5.56 Å². The Kier molecular flexibility index (Phi) is 3.82. The van der Waals surface area contributed by atoms with E-state index in [1.54, 1.807) is 12.1 Å². The minimum atomic E-state index is -0.761. The van der Waals surface area contributed by atoms with E-state index in [1.165, 1.54) is 12.3 Å². The first-order valence-corrected chi connectivity index (χ1v) is 5.48. The maximum absolute atomic E-state index is 11.8. The van der Waals surface area contributed by atoms with E-state index in [1.807, 2.05) is 18.2 Å². The third kappa shape index (κ3) is 3.12. The smallest absolute Gasteiger partial charge is 0.347 e. The Bertz CT molecular complexity index is 599. The number of carbonyl (C=O) groups is 1. The molecular formula is C13H10N2O4. The van der Waals surface area contributed by atoms with Gasteiger partial charge in [-0.1, -0.05) is 30.3 Å². The second-order valence-corrected chi connectivity index (χ2v) is 3.71. The molecule has 0 fully saturated rings. The summed E-state index contributed by atoms with van der Waals surface area (Å²) in [7, 11) is 0. The van der Waals surface area contributed by atoms with E-state index in [0.717, 1.165) is 11.8 Å². The minimum absolute atomic E-state index is 0.0612. The van der Waals surface area contributed by atoms with Crippen molar-refractivity contribution in [2.24, 2.45) is 0 Å². The Balaban J connectivity index is 2.10.